The second-order valence-electron chi connectivity index (χ2n) is 7.00. The lowest BCUT2D eigenvalue weighted by molar-refractivity contribution is -0.145. The van der Waals surface area contributed by atoms with Gasteiger partial charge in [0.15, 0.2) is 0 Å². The Labute approximate surface area is 186 Å². The van der Waals surface area contributed by atoms with Crippen molar-refractivity contribution in [1.29, 1.82) is 0 Å². The predicted molar refractivity (Wildman–Crippen MR) is 114 cm³/mol. The van der Waals surface area contributed by atoms with E-state index in [9.17, 15) is 29.7 Å². The molecule has 0 radical (unpaired) electrons. The molecule has 0 fully saturated rings. The van der Waals surface area contributed by atoms with Gasteiger partial charge < -0.3 is 41.1 Å². The highest BCUT2D eigenvalue weighted by molar-refractivity contribution is 7.16. The Hall–Kier alpha value is -3.35. The second-order valence-corrected chi connectivity index (χ2v) is 8.11. The first-order valence-corrected chi connectivity index (χ1v) is 10.6. The number of aromatic hydroxyl groups is 1. The van der Waals surface area contributed by atoms with Crippen molar-refractivity contribution in [3.8, 4) is 11.5 Å². The number of carboxylic acid groups (broad SMARTS) is 2. The molecule has 3 rings (SSSR count). The number of rotatable bonds is 9. The number of nitrogens with one attached hydrogen (secondary N) is 3. The number of amides is 1. The summed E-state index contributed by atoms with van der Waals surface area (Å²) in [4.78, 5) is 35.8. The molecular formula is C20H23N3O8S. The second kappa shape index (κ2) is 9.85. The molecule has 0 saturated heterocycles. The monoisotopic (exact) mass is 465 g/mol. The van der Waals surface area contributed by atoms with Gasteiger partial charge in [0.05, 0.1) is 17.7 Å². The number of anilines is 1. The highest BCUT2D eigenvalue weighted by atomic mass is 32.1. The minimum Gasteiger partial charge on any atom is -0.507 e. The number of ether oxygens (including phenoxy) is 1. The molecule has 2 unspecified atom stereocenters. The maximum absolute atomic E-state index is 12.5. The number of hydrogen-bond donors (Lipinski definition) is 7. The van der Waals surface area contributed by atoms with Crippen LogP contribution in [-0.2, 0) is 17.8 Å². The van der Waals surface area contributed by atoms with Gasteiger partial charge in [-0.1, -0.05) is 0 Å². The molecule has 12 heteroatoms. The average Bonchev–Trinajstić information content (AvgIpc) is 3.09. The van der Waals surface area contributed by atoms with Crippen molar-refractivity contribution in [2.45, 2.75) is 32.2 Å². The van der Waals surface area contributed by atoms with Gasteiger partial charge in [-0.25, -0.2) is 9.59 Å². The van der Waals surface area contributed by atoms with E-state index in [1.165, 1.54) is 12.1 Å². The van der Waals surface area contributed by atoms with Gasteiger partial charge in [0, 0.05) is 30.1 Å². The lowest BCUT2D eigenvalue weighted by Gasteiger charge is -2.24. The van der Waals surface area contributed by atoms with Gasteiger partial charge in [0.1, 0.15) is 16.5 Å². The highest BCUT2D eigenvalue weighted by Crippen LogP contribution is 2.36. The SMILES string of the molecule is CCOc1ccc(C(=O)NCC2Cc3c(sc(NC(O)C(=O)O)c3C(=O)O)CN2)c(O)c1. The van der Waals surface area contributed by atoms with Crippen LogP contribution in [0.25, 0.3) is 0 Å². The van der Waals surface area contributed by atoms with Gasteiger partial charge in [-0.05, 0) is 31.0 Å². The largest absolute Gasteiger partial charge is 0.507 e. The molecule has 1 aliphatic heterocycles. The van der Waals surface area contributed by atoms with Crippen LogP contribution in [0.5, 0.6) is 11.5 Å². The maximum Gasteiger partial charge on any atom is 0.353 e. The Morgan fingerprint density at radius 3 is 2.69 bits per heavy atom. The van der Waals surface area contributed by atoms with Crippen LogP contribution in [0.4, 0.5) is 5.00 Å². The molecule has 0 aliphatic carbocycles. The Balaban J connectivity index is 1.69. The molecule has 2 aromatic rings. The average molecular weight is 465 g/mol. The van der Waals surface area contributed by atoms with E-state index in [2.05, 4.69) is 16.0 Å². The third-order valence-electron chi connectivity index (χ3n) is 4.84. The summed E-state index contributed by atoms with van der Waals surface area (Å²) in [5, 5.41) is 46.4. The van der Waals surface area contributed by atoms with Crippen molar-refractivity contribution < 1.29 is 39.5 Å². The number of hydrogen-bond acceptors (Lipinski definition) is 9. The molecule has 172 valence electrons. The first-order valence-electron chi connectivity index (χ1n) is 9.73. The lowest BCUT2D eigenvalue weighted by Crippen LogP contribution is -2.44. The number of aliphatic hydroxyl groups excluding tert-OH is 1. The van der Waals surface area contributed by atoms with Crippen LogP contribution in [-0.4, -0.2) is 63.7 Å². The number of carbonyl (C=O) groups is 3. The molecule has 11 nitrogen and oxygen atoms in total. The van der Waals surface area contributed by atoms with Crippen molar-refractivity contribution in [1.82, 2.24) is 10.6 Å². The summed E-state index contributed by atoms with van der Waals surface area (Å²) < 4.78 is 5.28. The molecule has 2 atom stereocenters. The molecule has 0 spiro atoms. The number of thiophene rings is 1. The van der Waals surface area contributed by atoms with Crippen LogP contribution in [0.3, 0.4) is 0 Å². The van der Waals surface area contributed by atoms with Crippen LogP contribution in [0.15, 0.2) is 18.2 Å². The van der Waals surface area contributed by atoms with Gasteiger partial charge >= 0.3 is 11.9 Å². The molecule has 0 bridgehead atoms. The predicted octanol–water partition coefficient (Wildman–Crippen LogP) is 0.810. The quantitative estimate of drug-likeness (QED) is 0.262. The Morgan fingerprint density at radius 2 is 2.06 bits per heavy atom. The van der Waals surface area contributed by atoms with Crippen LogP contribution in [0.1, 0.15) is 38.1 Å². The van der Waals surface area contributed by atoms with Crippen LogP contribution in [0.2, 0.25) is 0 Å². The van der Waals surface area contributed by atoms with E-state index in [1.54, 1.807) is 13.0 Å². The van der Waals surface area contributed by atoms with Crippen LogP contribution in [0, 0.1) is 0 Å². The summed E-state index contributed by atoms with van der Waals surface area (Å²) in [7, 11) is 0. The number of fused-ring (bicyclic) bond motifs is 1. The van der Waals surface area contributed by atoms with E-state index >= 15 is 0 Å². The summed E-state index contributed by atoms with van der Waals surface area (Å²) in [6, 6.07) is 4.10. The topological polar surface area (TPSA) is 177 Å². The van der Waals surface area contributed by atoms with Crippen molar-refractivity contribution in [3.63, 3.8) is 0 Å². The van der Waals surface area contributed by atoms with Crippen molar-refractivity contribution in [2.75, 3.05) is 18.5 Å². The first-order chi connectivity index (χ1) is 15.2. The van der Waals surface area contributed by atoms with Crippen molar-refractivity contribution >= 4 is 34.2 Å². The molecule has 0 saturated carbocycles. The van der Waals surface area contributed by atoms with Crippen molar-refractivity contribution in [2.24, 2.45) is 0 Å². The maximum atomic E-state index is 12.5. The lowest BCUT2D eigenvalue weighted by atomic mass is 9.98. The Bertz CT molecular complexity index is 1040. The number of phenolic OH excluding ortho intramolecular Hbond substituents is 1. The highest BCUT2D eigenvalue weighted by Gasteiger charge is 2.30. The molecule has 1 aromatic heterocycles. The van der Waals surface area contributed by atoms with Crippen LogP contribution < -0.4 is 20.7 Å². The third kappa shape index (κ3) is 5.10. The molecule has 2 heterocycles. The number of benzene rings is 1. The fourth-order valence-corrected chi connectivity index (χ4v) is 4.55. The Morgan fingerprint density at radius 1 is 1.31 bits per heavy atom. The first kappa shape index (κ1) is 23.3. The minimum absolute atomic E-state index is 0.0585. The zero-order valence-electron chi connectivity index (χ0n) is 17.0. The number of phenols is 1. The third-order valence-corrected chi connectivity index (χ3v) is 6.01. The summed E-state index contributed by atoms with van der Waals surface area (Å²) in [6.45, 7) is 2.71. The molecule has 7 N–H and O–H groups in total. The number of aliphatic hydroxyl groups is 1. The molecule has 1 amide bonds. The van der Waals surface area contributed by atoms with E-state index in [0.717, 1.165) is 11.3 Å². The zero-order chi connectivity index (χ0) is 23.4. The van der Waals surface area contributed by atoms with Gasteiger partial charge in [-0.2, -0.15) is 0 Å². The van der Waals surface area contributed by atoms with E-state index in [1.807, 2.05) is 0 Å². The number of carbonyl (C=O) groups excluding carboxylic acids is 1. The summed E-state index contributed by atoms with van der Waals surface area (Å²) in [5.41, 5.74) is 0.512. The number of carboxylic acids is 2. The van der Waals surface area contributed by atoms with Crippen molar-refractivity contribution in [3.05, 3.63) is 39.8 Å². The van der Waals surface area contributed by atoms with E-state index in [4.69, 9.17) is 9.84 Å². The minimum atomic E-state index is -1.93. The van der Waals surface area contributed by atoms with Gasteiger partial charge in [0.25, 0.3) is 5.91 Å². The Kier molecular flexibility index (Phi) is 7.18. The van der Waals surface area contributed by atoms with Gasteiger partial charge in [-0.15, -0.1) is 11.3 Å². The molecule has 32 heavy (non-hydrogen) atoms. The van der Waals surface area contributed by atoms with Gasteiger partial charge in [-0.3, -0.25) is 4.79 Å². The number of aliphatic carboxylic acids is 1. The fourth-order valence-electron chi connectivity index (χ4n) is 3.36. The summed E-state index contributed by atoms with van der Waals surface area (Å²) in [5.74, 6) is -3.03. The van der Waals surface area contributed by atoms with Crippen LogP contribution >= 0.6 is 11.3 Å². The van der Waals surface area contributed by atoms with E-state index in [-0.39, 0.29) is 40.9 Å². The molecular weight excluding hydrogens is 442 g/mol. The van der Waals surface area contributed by atoms with E-state index < -0.39 is 24.1 Å². The zero-order valence-corrected chi connectivity index (χ0v) is 17.9. The number of aromatic carboxylic acids is 1. The molecule has 1 aliphatic rings. The standard InChI is InChI=1S/C20H23N3O8S/c1-2-31-10-3-4-11(13(24)6-10)16(25)22-7-9-5-12-14(8-21-9)32-18(15(12)19(27)28)23-17(26)20(29)30/h3-4,6,9,17,21,23-24,26H,2,5,7-8H2,1H3,(H,22,25)(H,27,28)(H,29,30). The normalized spacial score (nSPS) is 16.0. The summed E-state index contributed by atoms with van der Waals surface area (Å²) in [6.07, 6.45) is -1.66. The smallest absolute Gasteiger partial charge is 0.353 e. The van der Waals surface area contributed by atoms with Gasteiger partial charge in [0.2, 0.25) is 6.23 Å². The fraction of sp³-hybridized carbons (Fsp3) is 0.350. The molecule has 1 aromatic carbocycles. The van der Waals surface area contributed by atoms with E-state index in [0.29, 0.717) is 29.3 Å². The summed E-state index contributed by atoms with van der Waals surface area (Å²) >= 11 is 1.06.